The first kappa shape index (κ1) is 13.0. The van der Waals surface area contributed by atoms with Gasteiger partial charge in [0.05, 0.1) is 5.56 Å². The second-order valence-electron chi connectivity index (χ2n) is 4.12. The van der Waals surface area contributed by atoms with Crippen LogP contribution in [0.15, 0.2) is 22.7 Å². The van der Waals surface area contributed by atoms with Crippen molar-refractivity contribution in [3.8, 4) is 0 Å². The molecule has 96 valence electrons. The number of carboxylic acid groups (broad SMARTS) is 1. The Morgan fingerprint density at radius 2 is 2.17 bits per heavy atom. The molecule has 1 aliphatic rings. The average Bonchev–Trinajstić information content (AvgIpc) is 2.80. The molecule has 0 spiro atoms. The molecule has 1 amide bonds. The van der Waals surface area contributed by atoms with Crippen LogP contribution in [0.25, 0.3) is 0 Å². The summed E-state index contributed by atoms with van der Waals surface area (Å²) in [6.45, 7) is 0.388. The van der Waals surface area contributed by atoms with Crippen molar-refractivity contribution < 1.29 is 19.1 Å². The van der Waals surface area contributed by atoms with E-state index in [2.05, 4.69) is 15.9 Å². The highest BCUT2D eigenvalue weighted by molar-refractivity contribution is 9.10. The third kappa shape index (κ3) is 2.38. The van der Waals surface area contributed by atoms with Gasteiger partial charge in [0.1, 0.15) is 11.9 Å². The number of rotatable bonds is 2. The minimum atomic E-state index is -1.02. The zero-order valence-corrected chi connectivity index (χ0v) is 11.0. The van der Waals surface area contributed by atoms with Crippen LogP contribution in [0.3, 0.4) is 0 Å². The molecule has 1 atom stereocenters. The standard InChI is InChI=1S/C12H11BrFNO3/c13-9-4-3-7(14)6-8(9)11(16)15-5-1-2-10(15)12(17)18/h3-4,6,10H,1-2,5H2,(H,17,18)/t10-/m1/s1. The van der Waals surface area contributed by atoms with Crippen LogP contribution in [0.1, 0.15) is 23.2 Å². The van der Waals surface area contributed by atoms with Gasteiger partial charge in [0, 0.05) is 11.0 Å². The molecular formula is C12H11BrFNO3. The maximum atomic E-state index is 13.1. The number of carboxylic acids is 1. The molecule has 1 saturated heterocycles. The number of halogens is 2. The smallest absolute Gasteiger partial charge is 0.326 e. The average molecular weight is 316 g/mol. The van der Waals surface area contributed by atoms with Gasteiger partial charge in [0.15, 0.2) is 0 Å². The molecule has 0 saturated carbocycles. The third-order valence-corrected chi connectivity index (χ3v) is 3.65. The van der Waals surface area contributed by atoms with Crippen LogP contribution in [0, 0.1) is 5.82 Å². The lowest BCUT2D eigenvalue weighted by Crippen LogP contribution is -2.40. The topological polar surface area (TPSA) is 57.6 Å². The van der Waals surface area contributed by atoms with Crippen LogP contribution >= 0.6 is 15.9 Å². The Bertz CT molecular complexity index is 506. The number of likely N-dealkylation sites (tertiary alicyclic amines) is 1. The van der Waals surface area contributed by atoms with E-state index in [9.17, 15) is 14.0 Å². The quantitative estimate of drug-likeness (QED) is 0.911. The first-order valence-electron chi connectivity index (χ1n) is 5.49. The Balaban J connectivity index is 2.31. The first-order chi connectivity index (χ1) is 8.50. The van der Waals surface area contributed by atoms with Gasteiger partial charge in [-0.25, -0.2) is 9.18 Å². The van der Waals surface area contributed by atoms with Crippen molar-refractivity contribution in [2.75, 3.05) is 6.54 Å². The van der Waals surface area contributed by atoms with E-state index in [1.54, 1.807) is 0 Å². The zero-order chi connectivity index (χ0) is 13.3. The Morgan fingerprint density at radius 3 is 2.83 bits per heavy atom. The number of aliphatic carboxylic acids is 1. The van der Waals surface area contributed by atoms with Crippen molar-refractivity contribution in [1.29, 1.82) is 0 Å². The van der Waals surface area contributed by atoms with E-state index < -0.39 is 23.7 Å². The summed E-state index contributed by atoms with van der Waals surface area (Å²) in [5.74, 6) is -1.99. The molecule has 1 aromatic carbocycles. The van der Waals surface area contributed by atoms with E-state index >= 15 is 0 Å². The van der Waals surface area contributed by atoms with Gasteiger partial charge in [-0.15, -0.1) is 0 Å². The van der Waals surface area contributed by atoms with Gasteiger partial charge >= 0.3 is 5.97 Å². The summed E-state index contributed by atoms with van der Waals surface area (Å²) in [6.07, 6.45) is 1.09. The van der Waals surface area contributed by atoms with Crippen molar-refractivity contribution in [2.45, 2.75) is 18.9 Å². The molecule has 18 heavy (non-hydrogen) atoms. The normalized spacial score (nSPS) is 19.0. The van der Waals surface area contributed by atoms with Gasteiger partial charge in [0.2, 0.25) is 0 Å². The molecule has 0 aliphatic carbocycles. The van der Waals surface area contributed by atoms with E-state index in [0.717, 1.165) is 6.07 Å². The monoisotopic (exact) mass is 315 g/mol. The number of carbonyl (C=O) groups excluding carboxylic acids is 1. The molecule has 6 heteroatoms. The van der Waals surface area contributed by atoms with Crippen LogP contribution in [0.2, 0.25) is 0 Å². The molecular weight excluding hydrogens is 305 g/mol. The Kier molecular flexibility index (Phi) is 3.65. The molecule has 1 aromatic rings. The van der Waals surface area contributed by atoms with Crippen LogP contribution in [-0.2, 0) is 4.79 Å². The molecule has 0 unspecified atom stereocenters. The molecule has 1 N–H and O–H groups in total. The van der Waals surface area contributed by atoms with Crippen LogP contribution in [0.5, 0.6) is 0 Å². The van der Waals surface area contributed by atoms with Gasteiger partial charge < -0.3 is 10.0 Å². The molecule has 1 aliphatic heterocycles. The number of nitrogens with zero attached hydrogens (tertiary/aromatic N) is 1. The summed E-state index contributed by atoms with van der Waals surface area (Å²) in [7, 11) is 0. The maximum Gasteiger partial charge on any atom is 0.326 e. The Labute approximate surface area is 112 Å². The molecule has 0 radical (unpaired) electrons. The highest BCUT2D eigenvalue weighted by atomic mass is 79.9. The van der Waals surface area contributed by atoms with Gasteiger partial charge in [0.25, 0.3) is 5.91 Å². The number of carbonyl (C=O) groups is 2. The SMILES string of the molecule is O=C(O)[C@H]1CCCN1C(=O)c1cc(F)ccc1Br. The summed E-state index contributed by atoms with van der Waals surface area (Å²) in [5, 5.41) is 9.02. The summed E-state index contributed by atoms with van der Waals surface area (Å²) >= 11 is 3.17. The highest BCUT2D eigenvalue weighted by Gasteiger charge is 2.35. The summed E-state index contributed by atoms with van der Waals surface area (Å²) in [5.41, 5.74) is 0.156. The lowest BCUT2D eigenvalue weighted by Gasteiger charge is -2.22. The minimum Gasteiger partial charge on any atom is -0.480 e. The Hall–Kier alpha value is -1.43. The predicted octanol–water partition coefficient (Wildman–Crippen LogP) is 2.28. The summed E-state index contributed by atoms with van der Waals surface area (Å²) < 4.78 is 13.6. The van der Waals surface area contributed by atoms with Gasteiger partial charge in [-0.3, -0.25) is 4.79 Å². The molecule has 1 heterocycles. The van der Waals surface area contributed by atoms with Crippen LogP contribution in [-0.4, -0.2) is 34.5 Å². The van der Waals surface area contributed by atoms with Gasteiger partial charge in [-0.1, -0.05) is 0 Å². The van der Waals surface area contributed by atoms with E-state index in [1.165, 1.54) is 17.0 Å². The van der Waals surface area contributed by atoms with Crippen LogP contribution < -0.4 is 0 Å². The van der Waals surface area contributed by atoms with E-state index in [4.69, 9.17) is 5.11 Å². The van der Waals surface area contributed by atoms with E-state index in [0.29, 0.717) is 23.9 Å². The fourth-order valence-corrected chi connectivity index (χ4v) is 2.50. The molecule has 0 aromatic heterocycles. The van der Waals surface area contributed by atoms with Crippen molar-refractivity contribution in [2.24, 2.45) is 0 Å². The lowest BCUT2D eigenvalue weighted by atomic mass is 10.1. The second kappa shape index (κ2) is 5.06. The number of amides is 1. The molecule has 0 bridgehead atoms. The second-order valence-corrected chi connectivity index (χ2v) is 4.97. The van der Waals surface area contributed by atoms with Crippen molar-refractivity contribution in [3.63, 3.8) is 0 Å². The fraction of sp³-hybridized carbons (Fsp3) is 0.333. The first-order valence-corrected chi connectivity index (χ1v) is 6.29. The van der Waals surface area contributed by atoms with E-state index in [1.807, 2.05) is 0 Å². The Morgan fingerprint density at radius 1 is 1.44 bits per heavy atom. The van der Waals surface area contributed by atoms with Crippen LogP contribution in [0.4, 0.5) is 4.39 Å². The zero-order valence-electron chi connectivity index (χ0n) is 9.40. The van der Waals surface area contributed by atoms with Gasteiger partial charge in [-0.2, -0.15) is 0 Å². The summed E-state index contributed by atoms with van der Waals surface area (Å²) in [4.78, 5) is 24.5. The van der Waals surface area contributed by atoms with Gasteiger partial charge in [-0.05, 0) is 47.0 Å². The largest absolute Gasteiger partial charge is 0.480 e. The molecule has 2 rings (SSSR count). The molecule has 1 fully saturated rings. The summed E-state index contributed by atoms with van der Waals surface area (Å²) in [6, 6.07) is 2.98. The van der Waals surface area contributed by atoms with E-state index in [-0.39, 0.29) is 5.56 Å². The van der Waals surface area contributed by atoms with Crippen molar-refractivity contribution >= 4 is 27.8 Å². The highest BCUT2D eigenvalue weighted by Crippen LogP contribution is 2.24. The lowest BCUT2D eigenvalue weighted by molar-refractivity contribution is -0.141. The van der Waals surface area contributed by atoms with Crippen molar-refractivity contribution in [1.82, 2.24) is 4.90 Å². The predicted molar refractivity (Wildman–Crippen MR) is 65.8 cm³/mol. The number of benzene rings is 1. The number of hydrogen-bond donors (Lipinski definition) is 1. The van der Waals surface area contributed by atoms with Crippen molar-refractivity contribution in [3.05, 3.63) is 34.1 Å². The fourth-order valence-electron chi connectivity index (χ4n) is 2.08. The number of hydrogen-bond acceptors (Lipinski definition) is 2. The minimum absolute atomic E-state index is 0.156. The maximum absolute atomic E-state index is 13.1. The molecule has 4 nitrogen and oxygen atoms in total. The third-order valence-electron chi connectivity index (χ3n) is 2.96.